The van der Waals surface area contributed by atoms with Crippen LogP contribution in [0.25, 0.3) is 0 Å². The minimum absolute atomic E-state index is 0.0740. The number of ether oxygens (including phenoxy) is 2. The Morgan fingerprint density at radius 2 is 1.61 bits per heavy atom. The zero-order chi connectivity index (χ0) is 31.9. The standard InChI is InChI=1S/C33H41N3O7S/c1-5-42-32(41)25(17-11-12-18-36-29(38)23-15-9-10-16-24(23)30(36)39)34-26-21-44-27(22-13-7-6-8-14-22)19-35(31(26)40)20-28(37)43-33(2,3)4/h6-10,13-16,25-27,34H,5,11-12,17-21H2,1-4H3/t25-,26?,27?/m1/s1. The lowest BCUT2D eigenvalue weighted by atomic mass is 10.1. The molecule has 11 heteroatoms. The van der Waals surface area contributed by atoms with Gasteiger partial charge in [-0.3, -0.25) is 34.2 Å². The molecule has 2 aliphatic heterocycles. The van der Waals surface area contributed by atoms with E-state index in [1.54, 1.807) is 63.7 Å². The van der Waals surface area contributed by atoms with Crippen LogP contribution in [0, 0.1) is 0 Å². The van der Waals surface area contributed by atoms with Gasteiger partial charge in [0.2, 0.25) is 5.91 Å². The second-order valence-corrected chi connectivity index (χ2v) is 13.1. The number of nitrogens with zero attached hydrogens (tertiary/aromatic N) is 2. The van der Waals surface area contributed by atoms with Crippen LogP contribution >= 0.6 is 11.8 Å². The average Bonchev–Trinajstić information content (AvgIpc) is 3.12. The van der Waals surface area contributed by atoms with E-state index in [1.807, 2.05) is 30.3 Å². The lowest BCUT2D eigenvalue weighted by Gasteiger charge is -2.28. The van der Waals surface area contributed by atoms with E-state index in [4.69, 9.17) is 9.47 Å². The number of hydrogen-bond acceptors (Lipinski definition) is 9. The number of carbonyl (C=O) groups excluding carboxylic acids is 5. The third-order valence-corrected chi connectivity index (χ3v) is 8.70. The van der Waals surface area contributed by atoms with Gasteiger partial charge in [-0.05, 0) is 64.7 Å². The van der Waals surface area contributed by atoms with Crippen molar-refractivity contribution < 1.29 is 33.4 Å². The molecule has 44 heavy (non-hydrogen) atoms. The first-order valence-corrected chi connectivity index (χ1v) is 16.1. The van der Waals surface area contributed by atoms with Crippen LogP contribution in [-0.2, 0) is 23.9 Å². The summed E-state index contributed by atoms with van der Waals surface area (Å²) in [6.07, 6.45) is 1.33. The molecule has 3 amide bonds. The monoisotopic (exact) mass is 623 g/mol. The van der Waals surface area contributed by atoms with Gasteiger partial charge < -0.3 is 14.4 Å². The second-order valence-electron chi connectivity index (χ2n) is 11.9. The minimum atomic E-state index is -0.789. The zero-order valence-electron chi connectivity index (χ0n) is 25.7. The Hall–Kier alpha value is -3.70. The fourth-order valence-electron chi connectivity index (χ4n) is 5.32. The molecule has 10 nitrogen and oxygen atoms in total. The van der Waals surface area contributed by atoms with Gasteiger partial charge in [-0.25, -0.2) is 0 Å². The van der Waals surface area contributed by atoms with Gasteiger partial charge >= 0.3 is 11.9 Å². The van der Waals surface area contributed by atoms with Crippen LogP contribution in [0.2, 0.25) is 0 Å². The van der Waals surface area contributed by atoms with Gasteiger partial charge in [-0.15, -0.1) is 11.8 Å². The number of fused-ring (bicyclic) bond motifs is 1. The molecule has 0 aliphatic carbocycles. The average molecular weight is 624 g/mol. The number of rotatable bonds is 12. The highest BCUT2D eigenvalue weighted by atomic mass is 32.2. The highest BCUT2D eigenvalue weighted by molar-refractivity contribution is 7.99. The molecule has 2 heterocycles. The predicted molar refractivity (Wildman–Crippen MR) is 167 cm³/mol. The summed E-state index contributed by atoms with van der Waals surface area (Å²) in [5.74, 6) is -1.52. The zero-order valence-corrected chi connectivity index (χ0v) is 26.6. The number of imide groups is 1. The lowest BCUT2D eigenvalue weighted by molar-refractivity contribution is -0.159. The molecule has 4 rings (SSSR count). The smallest absolute Gasteiger partial charge is 0.326 e. The molecule has 236 valence electrons. The molecule has 2 aromatic rings. The number of carbonyl (C=O) groups is 5. The third kappa shape index (κ3) is 8.47. The molecule has 2 unspecified atom stereocenters. The number of unbranched alkanes of at least 4 members (excludes halogenated alkanes) is 1. The molecule has 0 spiro atoms. The Labute approximate surface area is 262 Å². The van der Waals surface area contributed by atoms with E-state index >= 15 is 0 Å². The number of amides is 3. The van der Waals surface area contributed by atoms with Crippen molar-refractivity contribution in [2.45, 2.75) is 69.9 Å². The number of nitrogens with one attached hydrogen (secondary N) is 1. The van der Waals surface area contributed by atoms with Gasteiger partial charge in [0.15, 0.2) is 0 Å². The Kier molecular flexibility index (Phi) is 11.2. The van der Waals surface area contributed by atoms with E-state index < -0.39 is 29.6 Å². The normalized spacial score (nSPS) is 19.4. The molecule has 1 N–H and O–H groups in total. The van der Waals surface area contributed by atoms with Crippen LogP contribution in [-0.4, -0.2) is 89.1 Å². The van der Waals surface area contributed by atoms with Crippen LogP contribution in [0.3, 0.4) is 0 Å². The van der Waals surface area contributed by atoms with E-state index in [0.717, 1.165) is 5.56 Å². The lowest BCUT2D eigenvalue weighted by Crippen LogP contribution is -2.54. The van der Waals surface area contributed by atoms with E-state index in [2.05, 4.69) is 5.32 Å². The molecule has 1 fully saturated rings. The maximum atomic E-state index is 13.8. The van der Waals surface area contributed by atoms with Crippen LogP contribution in [0.1, 0.15) is 78.5 Å². The van der Waals surface area contributed by atoms with E-state index in [1.165, 1.54) is 9.80 Å². The summed E-state index contributed by atoms with van der Waals surface area (Å²) in [5, 5.41) is 3.15. The summed E-state index contributed by atoms with van der Waals surface area (Å²) < 4.78 is 10.8. The number of hydrogen-bond donors (Lipinski definition) is 1. The van der Waals surface area contributed by atoms with Gasteiger partial charge in [-0.1, -0.05) is 42.5 Å². The van der Waals surface area contributed by atoms with Gasteiger partial charge in [0.05, 0.1) is 23.8 Å². The molecule has 1 saturated heterocycles. The highest BCUT2D eigenvalue weighted by Gasteiger charge is 2.37. The van der Waals surface area contributed by atoms with Crippen molar-refractivity contribution in [2.75, 3.05) is 32.0 Å². The fourth-order valence-corrected chi connectivity index (χ4v) is 6.62. The van der Waals surface area contributed by atoms with Gasteiger partial charge in [0.1, 0.15) is 18.2 Å². The first-order valence-electron chi connectivity index (χ1n) is 15.0. The summed E-state index contributed by atoms with van der Waals surface area (Å²) in [4.78, 5) is 67.8. The molecule has 0 bridgehead atoms. The van der Waals surface area contributed by atoms with Crippen molar-refractivity contribution in [3.05, 3.63) is 71.3 Å². The van der Waals surface area contributed by atoms with E-state index in [0.29, 0.717) is 42.7 Å². The maximum absolute atomic E-state index is 13.8. The molecule has 0 aromatic heterocycles. The number of benzene rings is 2. The first-order chi connectivity index (χ1) is 21.0. The van der Waals surface area contributed by atoms with Gasteiger partial charge in [0, 0.05) is 24.1 Å². The topological polar surface area (TPSA) is 122 Å². The number of thioether (sulfide) groups is 1. The third-order valence-electron chi connectivity index (χ3n) is 7.35. The Bertz CT molecular complexity index is 1330. The molecular weight excluding hydrogens is 582 g/mol. The van der Waals surface area contributed by atoms with Crippen molar-refractivity contribution in [3.63, 3.8) is 0 Å². The molecule has 2 aromatic carbocycles. The quantitative estimate of drug-likeness (QED) is 0.212. The Morgan fingerprint density at radius 1 is 0.977 bits per heavy atom. The molecule has 2 aliphatic rings. The SMILES string of the molecule is CCOC(=O)[C@@H](CCCCN1C(=O)c2ccccc2C1=O)NC1CSC(c2ccccc2)CN(CC(=O)OC(C)(C)C)C1=O. The molecular formula is C33H41N3O7S. The van der Waals surface area contributed by atoms with Crippen molar-refractivity contribution in [3.8, 4) is 0 Å². The summed E-state index contributed by atoms with van der Waals surface area (Å²) in [7, 11) is 0. The minimum Gasteiger partial charge on any atom is -0.465 e. The predicted octanol–water partition coefficient (Wildman–Crippen LogP) is 4.00. The molecule has 0 radical (unpaired) electrons. The van der Waals surface area contributed by atoms with Crippen molar-refractivity contribution >= 4 is 41.4 Å². The van der Waals surface area contributed by atoms with Crippen molar-refractivity contribution in [1.29, 1.82) is 0 Å². The molecule has 0 saturated carbocycles. The maximum Gasteiger partial charge on any atom is 0.326 e. The van der Waals surface area contributed by atoms with E-state index in [-0.39, 0.29) is 42.7 Å². The number of esters is 2. The van der Waals surface area contributed by atoms with Crippen molar-refractivity contribution in [1.82, 2.24) is 15.1 Å². The summed E-state index contributed by atoms with van der Waals surface area (Å²) >= 11 is 1.59. The fraction of sp³-hybridized carbons (Fsp3) is 0.485. The Balaban J connectivity index is 1.43. The van der Waals surface area contributed by atoms with Crippen LogP contribution < -0.4 is 5.32 Å². The summed E-state index contributed by atoms with van der Waals surface area (Å²) in [5.41, 5.74) is 1.14. The summed E-state index contributed by atoms with van der Waals surface area (Å²) in [6, 6.07) is 15.0. The highest BCUT2D eigenvalue weighted by Crippen LogP contribution is 2.33. The molecule has 3 atom stereocenters. The van der Waals surface area contributed by atoms with Gasteiger partial charge in [0.25, 0.3) is 11.8 Å². The Morgan fingerprint density at radius 3 is 2.23 bits per heavy atom. The van der Waals surface area contributed by atoms with Crippen LogP contribution in [0.15, 0.2) is 54.6 Å². The van der Waals surface area contributed by atoms with Crippen LogP contribution in [0.5, 0.6) is 0 Å². The summed E-state index contributed by atoms with van der Waals surface area (Å²) in [6.45, 7) is 7.57. The first kappa shape index (κ1) is 33.2. The largest absolute Gasteiger partial charge is 0.465 e. The van der Waals surface area contributed by atoms with Crippen molar-refractivity contribution in [2.24, 2.45) is 0 Å². The van der Waals surface area contributed by atoms with Crippen LogP contribution in [0.4, 0.5) is 0 Å². The van der Waals surface area contributed by atoms with Gasteiger partial charge in [-0.2, -0.15) is 0 Å². The van der Waals surface area contributed by atoms with E-state index in [9.17, 15) is 24.0 Å². The second kappa shape index (κ2) is 14.9.